The standard InChI is InChI=1S/C19H21O4PTe/c1-19(13-15-9-11-16(21-2)12-10-15)18(14-24(20,22-3)23-19)25-17-7-5-4-6-8-17/h4-12,14H,13H2,1-3H3/t19-,24-/m0/s1. The van der Waals surface area contributed by atoms with Gasteiger partial charge in [0, 0.05) is 0 Å². The van der Waals surface area contributed by atoms with Gasteiger partial charge in [0.1, 0.15) is 0 Å². The van der Waals surface area contributed by atoms with Gasteiger partial charge >= 0.3 is 159 Å². The van der Waals surface area contributed by atoms with E-state index in [1.165, 1.54) is 10.7 Å². The Balaban J connectivity index is 1.88. The topological polar surface area (TPSA) is 44.8 Å². The van der Waals surface area contributed by atoms with E-state index in [0.717, 1.165) is 14.9 Å². The second-order valence-corrected chi connectivity index (χ2v) is 11.0. The molecule has 6 heteroatoms. The van der Waals surface area contributed by atoms with Gasteiger partial charge < -0.3 is 0 Å². The minimum absolute atomic E-state index is 0.613. The Morgan fingerprint density at radius 2 is 1.76 bits per heavy atom. The Morgan fingerprint density at radius 1 is 1.08 bits per heavy atom. The van der Waals surface area contributed by atoms with Crippen molar-refractivity contribution in [2.45, 2.75) is 18.9 Å². The molecule has 2 aromatic rings. The molecule has 1 aliphatic heterocycles. The van der Waals surface area contributed by atoms with Crippen molar-refractivity contribution in [2.24, 2.45) is 0 Å². The van der Waals surface area contributed by atoms with Crippen LogP contribution in [0.25, 0.3) is 0 Å². The van der Waals surface area contributed by atoms with Crippen LogP contribution in [0, 0.1) is 0 Å². The van der Waals surface area contributed by atoms with Crippen LogP contribution in [0.2, 0.25) is 0 Å². The maximum atomic E-state index is 12.8. The molecule has 25 heavy (non-hydrogen) atoms. The van der Waals surface area contributed by atoms with Crippen molar-refractivity contribution in [1.82, 2.24) is 0 Å². The van der Waals surface area contributed by atoms with E-state index in [2.05, 4.69) is 12.1 Å². The van der Waals surface area contributed by atoms with Crippen LogP contribution in [0.15, 0.2) is 64.0 Å². The maximum absolute atomic E-state index is 12.8. The predicted octanol–water partition coefficient (Wildman–Crippen LogP) is 3.74. The van der Waals surface area contributed by atoms with Gasteiger partial charge in [0.15, 0.2) is 0 Å². The SMILES string of the molecule is COc1ccc(C[C@]2(C)O[P@@](=O)(OC)C=C2[Te]c2ccccc2)cc1. The van der Waals surface area contributed by atoms with Crippen molar-refractivity contribution in [3.05, 3.63) is 69.6 Å². The van der Waals surface area contributed by atoms with Crippen molar-refractivity contribution in [2.75, 3.05) is 14.2 Å². The molecular weight excluding hydrogens is 451 g/mol. The summed E-state index contributed by atoms with van der Waals surface area (Å²) < 4.78 is 31.6. The molecule has 0 bridgehead atoms. The van der Waals surface area contributed by atoms with E-state index in [-0.39, 0.29) is 0 Å². The summed E-state index contributed by atoms with van der Waals surface area (Å²) >= 11 is -0.692. The molecule has 0 N–H and O–H groups in total. The van der Waals surface area contributed by atoms with Crippen LogP contribution < -0.4 is 8.35 Å². The molecule has 4 nitrogen and oxygen atoms in total. The van der Waals surface area contributed by atoms with Crippen LogP contribution in [0.4, 0.5) is 0 Å². The number of benzene rings is 2. The first-order valence-electron chi connectivity index (χ1n) is 7.92. The normalized spacial score (nSPS) is 25.6. The van der Waals surface area contributed by atoms with Crippen LogP contribution in [0.3, 0.4) is 0 Å². The molecule has 0 spiro atoms. The molecule has 132 valence electrons. The molecule has 2 aromatic carbocycles. The van der Waals surface area contributed by atoms with Crippen LogP contribution in [-0.4, -0.2) is 40.7 Å². The van der Waals surface area contributed by atoms with E-state index < -0.39 is 34.1 Å². The van der Waals surface area contributed by atoms with Gasteiger partial charge in [0.25, 0.3) is 0 Å². The van der Waals surface area contributed by atoms with E-state index >= 15 is 0 Å². The number of ether oxygens (including phenoxy) is 1. The summed E-state index contributed by atoms with van der Waals surface area (Å²) in [6, 6.07) is 18.2. The molecule has 0 aliphatic carbocycles. The van der Waals surface area contributed by atoms with E-state index in [1.807, 2.05) is 49.4 Å². The molecule has 0 saturated carbocycles. The summed E-state index contributed by atoms with van der Waals surface area (Å²) in [6.45, 7) is 2.01. The van der Waals surface area contributed by atoms with E-state index in [9.17, 15) is 4.57 Å². The summed E-state index contributed by atoms with van der Waals surface area (Å²) in [5.74, 6) is 2.56. The van der Waals surface area contributed by atoms with Gasteiger partial charge in [-0.25, -0.2) is 0 Å². The van der Waals surface area contributed by atoms with E-state index in [1.54, 1.807) is 12.9 Å². The van der Waals surface area contributed by atoms with E-state index in [4.69, 9.17) is 13.8 Å². The molecule has 0 unspecified atom stereocenters. The van der Waals surface area contributed by atoms with Crippen molar-refractivity contribution >= 4 is 32.1 Å². The first-order valence-corrected chi connectivity index (χ1v) is 11.9. The Hall–Kier alpha value is -1.08. The molecule has 1 aliphatic rings. The zero-order valence-electron chi connectivity index (χ0n) is 14.5. The van der Waals surface area contributed by atoms with Gasteiger partial charge in [-0.05, 0) is 0 Å². The van der Waals surface area contributed by atoms with Crippen molar-refractivity contribution in [3.8, 4) is 5.75 Å². The summed E-state index contributed by atoms with van der Waals surface area (Å²) in [6.07, 6.45) is 0.647. The first-order chi connectivity index (χ1) is 12.0. The molecule has 3 rings (SSSR count). The van der Waals surface area contributed by atoms with Gasteiger partial charge in [-0.1, -0.05) is 0 Å². The van der Waals surface area contributed by atoms with Gasteiger partial charge in [0.05, 0.1) is 0 Å². The molecule has 1 heterocycles. The quantitative estimate of drug-likeness (QED) is 0.475. The fourth-order valence-corrected chi connectivity index (χ4v) is 8.55. The number of hydrogen-bond acceptors (Lipinski definition) is 4. The predicted molar refractivity (Wildman–Crippen MR) is 101 cm³/mol. The number of rotatable bonds is 6. The van der Waals surface area contributed by atoms with Crippen LogP contribution >= 0.6 is 7.60 Å². The van der Waals surface area contributed by atoms with E-state index in [0.29, 0.717) is 6.42 Å². The Kier molecular flexibility index (Phi) is 5.73. The number of methoxy groups -OCH3 is 1. The third kappa shape index (κ3) is 4.37. The fourth-order valence-electron chi connectivity index (χ4n) is 2.72. The molecule has 0 saturated heterocycles. The average molecular weight is 472 g/mol. The summed E-state index contributed by atoms with van der Waals surface area (Å²) in [5.41, 5.74) is 0.498. The zero-order valence-corrected chi connectivity index (χ0v) is 17.7. The average Bonchev–Trinajstić information content (AvgIpc) is 2.87. The summed E-state index contributed by atoms with van der Waals surface area (Å²) in [7, 11) is -0.0805. The van der Waals surface area contributed by atoms with Crippen LogP contribution in [-0.2, 0) is 20.0 Å². The second kappa shape index (κ2) is 7.66. The minimum atomic E-state index is -3.17. The summed E-state index contributed by atoms with van der Waals surface area (Å²) in [4.78, 5) is 0. The van der Waals surface area contributed by atoms with Gasteiger partial charge in [0.2, 0.25) is 0 Å². The molecule has 0 aromatic heterocycles. The third-order valence-corrected chi connectivity index (χ3v) is 9.98. The van der Waals surface area contributed by atoms with Crippen LogP contribution in [0.1, 0.15) is 12.5 Å². The first kappa shape index (κ1) is 18.7. The molecule has 2 atom stereocenters. The van der Waals surface area contributed by atoms with Gasteiger partial charge in [-0.3, -0.25) is 0 Å². The summed E-state index contributed by atoms with van der Waals surface area (Å²) in [5, 5.41) is 0. The number of hydrogen-bond donors (Lipinski definition) is 0. The van der Waals surface area contributed by atoms with Crippen molar-refractivity contribution in [3.63, 3.8) is 0 Å². The fraction of sp³-hybridized carbons (Fsp3) is 0.263. The Bertz CT molecular complexity index is 804. The van der Waals surface area contributed by atoms with Crippen molar-refractivity contribution < 1.29 is 18.3 Å². The monoisotopic (exact) mass is 474 g/mol. The second-order valence-electron chi connectivity index (χ2n) is 5.98. The molecular formula is C19H21O4PTe. The molecule has 0 radical (unpaired) electrons. The van der Waals surface area contributed by atoms with Gasteiger partial charge in [-0.2, -0.15) is 0 Å². The zero-order chi connectivity index (χ0) is 17.9. The molecule has 0 fully saturated rings. The molecule has 0 amide bonds. The Labute approximate surface area is 158 Å². The van der Waals surface area contributed by atoms with Crippen molar-refractivity contribution in [1.29, 1.82) is 0 Å². The Morgan fingerprint density at radius 3 is 2.36 bits per heavy atom. The van der Waals surface area contributed by atoms with Gasteiger partial charge in [-0.15, -0.1) is 0 Å². The van der Waals surface area contributed by atoms with Crippen LogP contribution in [0.5, 0.6) is 5.75 Å². The third-order valence-electron chi connectivity index (χ3n) is 4.05.